The summed E-state index contributed by atoms with van der Waals surface area (Å²) in [5.41, 5.74) is 3.32. The van der Waals surface area contributed by atoms with Gasteiger partial charge in [-0.15, -0.1) is 5.10 Å². The molecule has 5 heteroatoms. The molecule has 0 atom stereocenters. The van der Waals surface area contributed by atoms with Gasteiger partial charge in [0.2, 0.25) is 0 Å². The van der Waals surface area contributed by atoms with Crippen molar-refractivity contribution < 1.29 is 14.3 Å². The number of ether oxygens (including phenoxy) is 2. The fourth-order valence-electron chi connectivity index (χ4n) is 2.83. The van der Waals surface area contributed by atoms with Crippen molar-refractivity contribution in [2.75, 3.05) is 13.2 Å². The molecule has 0 fully saturated rings. The van der Waals surface area contributed by atoms with Gasteiger partial charge in [0.25, 0.3) is 0 Å². The average molecular weight is 350 g/mol. The quantitative estimate of drug-likeness (QED) is 0.629. The Kier molecular flexibility index (Phi) is 5.22. The van der Waals surface area contributed by atoms with Crippen molar-refractivity contribution in [2.24, 2.45) is 0 Å². The average Bonchev–Trinajstić information content (AvgIpc) is 2.61. The first kappa shape index (κ1) is 17.9. The monoisotopic (exact) mass is 350 g/mol. The predicted molar refractivity (Wildman–Crippen MR) is 97.9 cm³/mol. The highest BCUT2D eigenvalue weighted by atomic mass is 16.5. The van der Waals surface area contributed by atoms with E-state index in [0.717, 1.165) is 24.3 Å². The van der Waals surface area contributed by atoms with Gasteiger partial charge in [-0.25, -0.2) is 0 Å². The Hall–Kier alpha value is -2.87. The van der Waals surface area contributed by atoms with Crippen LogP contribution >= 0.6 is 0 Å². The molecule has 0 amide bonds. The van der Waals surface area contributed by atoms with Crippen molar-refractivity contribution in [1.29, 1.82) is 0 Å². The van der Waals surface area contributed by atoms with Gasteiger partial charge in [-0.3, -0.25) is 4.79 Å². The molecule has 0 saturated carbocycles. The summed E-state index contributed by atoms with van der Waals surface area (Å²) in [4.78, 5) is 11.4. The second-order valence-electron chi connectivity index (χ2n) is 6.83. The minimum absolute atomic E-state index is 0.0832. The molecule has 26 heavy (non-hydrogen) atoms. The number of carbonyl (C=O) groups is 1. The van der Waals surface area contributed by atoms with E-state index in [9.17, 15) is 4.79 Å². The van der Waals surface area contributed by atoms with Gasteiger partial charge in [0, 0.05) is 11.1 Å². The molecule has 2 heterocycles. The molecule has 0 unspecified atom stereocenters. The Labute approximate surface area is 153 Å². The minimum Gasteiger partial charge on any atom is -0.493 e. The molecule has 1 aliphatic heterocycles. The first-order valence-corrected chi connectivity index (χ1v) is 8.75. The van der Waals surface area contributed by atoms with Crippen LogP contribution in [-0.2, 0) is 21.4 Å². The van der Waals surface area contributed by atoms with Crippen molar-refractivity contribution in [1.82, 2.24) is 10.2 Å². The lowest BCUT2D eigenvalue weighted by atomic mass is 9.79. The van der Waals surface area contributed by atoms with E-state index in [4.69, 9.17) is 9.47 Å². The van der Waals surface area contributed by atoms with Crippen molar-refractivity contribution >= 4 is 5.97 Å². The first-order valence-electron chi connectivity index (χ1n) is 8.75. The summed E-state index contributed by atoms with van der Waals surface area (Å²) in [7, 11) is 0. The molecule has 0 radical (unpaired) electrons. The van der Waals surface area contributed by atoms with Gasteiger partial charge in [0.15, 0.2) is 0 Å². The molecular weight excluding hydrogens is 328 g/mol. The highest BCUT2D eigenvalue weighted by Crippen LogP contribution is 2.38. The number of carbonyl (C=O) groups excluding carboxylic acids is 1. The molecule has 0 saturated heterocycles. The van der Waals surface area contributed by atoms with E-state index in [0.29, 0.717) is 18.0 Å². The van der Waals surface area contributed by atoms with Gasteiger partial charge in [-0.2, -0.15) is 5.10 Å². The normalized spacial score (nSPS) is 14.4. The molecule has 0 bridgehead atoms. The molecule has 3 rings (SSSR count). The molecule has 0 aliphatic carbocycles. The van der Waals surface area contributed by atoms with Crippen LogP contribution in [0.1, 0.15) is 49.7 Å². The Morgan fingerprint density at radius 2 is 2.08 bits per heavy atom. The Bertz CT molecular complexity index is 861. The largest absolute Gasteiger partial charge is 0.493 e. The van der Waals surface area contributed by atoms with Crippen molar-refractivity contribution in [3.63, 3.8) is 0 Å². The van der Waals surface area contributed by atoms with Crippen LogP contribution in [0.5, 0.6) is 5.75 Å². The second kappa shape index (κ2) is 7.57. The van der Waals surface area contributed by atoms with Crippen LogP contribution in [0.3, 0.4) is 0 Å². The molecule has 1 aromatic heterocycles. The molecule has 1 aliphatic rings. The molecular formula is C21H22N2O3. The van der Waals surface area contributed by atoms with E-state index in [-0.39, 0.29) is 17.8 Å². The lowest BCUT2D eigenvalue weighted by molar-refractivity contribution is -0.142. The van der Waals surface area contributed by atoms with Crippen molar-refractivity contribution in [3.05, 3.63) is 52.8 Å². The maximum Gasteiger partial charge on any atom is 0.311 e. The zero-order chi connectivity index (χ0) is 18.6. The van der Waals surface area contributed by atoms with Gasteiger partial charge in [0.1, 0.15) is 11.4 Å². The summed E-state index contributed by atoms with van der Waals surface area (Å²) in [6.45, 7) is 7.33. The summed E-state index contributed by atoms with van der Waals surface area (Å²) < 4.78 is 10.6. The van der Waals surface area contributed by atoms with E-state index in [1.165, 1.54) is 5.56 Å². The molecule has 2 aromatic rings. The summed E-state index contributed by atoms with van der Waals surface area (Å²) in [6.07, 6.45) is 1.11. The van der Waals surface area contributed by atoms with Gasteiger partial charge < -0.3 is 9.47 Å². The maximum absolute atomic E-state index is 11.4. The number of rotatable bonds is 3. The highest BCUT2D eigenvalue weighted by molar-refractivity contribution is 5.71. The van der Waals surface area contributed by atoms with Crippen LogP contribution in [0.2, 0.25) is 0 Å². The summed E-state index contributed by atoms with van der Waals surface area (Å²) in [5.74, 6) is 6.78. The number of fused-ring (bicyclic) bond motifs is 1. The van der Waals surface area contributed by atoms with Crippen molar-refractivity contribution in [3.8, 4) is 17.6 Å². The second-order valence-corrected chi connectivity index (χ2v) is 6.83. The number of hydrogen-bond acceptors (Lipinski definition) is 5. The van der Waals surface area contributed by atoms with E-state index < -0.39 is 0 Å². The highest BCUT2D eigenvalue weighted by Gasteiger charge is 2.28. The van der Waals surface area contributed by atoms with Crippen LogP contribution in [0, 0.1) is 11.8 Å². The van der Waals surface area contributed by atoms with E-state index >= 15 is 0 Å². The third-order valence-corrected chi connectivity index (χ3v) is 4.38. The van der Waals surface area contributed by atoms with Gasteiger partial charge in [-0.1, -0.05) is 19.8 Å². The summed E-state index contributed by atoms with van der Waals surface area (Å²) in [5, 5.41) is 8.10. The van der Waals surface area contributed by atoms with Gasteiger partial charge in [0.05, 0.1) is 25.3 Å². The zero-order valence-corrected chi connectivity index (χ0v) is 15.3. The third-order valence-electron chi connectivity index (χ3n) is 4.38. The van der Waals surface area contributed by atoms with Crippen molar-refractivity contribution in [2.45, 2.75) is 39.0 Å². The maximum atomic E-state index is 11.4. The first-order chi connectivity index (χ1) is 12.5. The summed E-state index contributed by atoms with van der Waals surface area (Å²) in [6, 6.07) is 9.53. The van der Waals surface area contributed by atoms with Crippen LogP contribution in [0.15, 0.2) is 30.3 Å². The topological polar surface area (TPSA) is 61.3 Å². The standard InChI is InChI=1S/C21H22N2O3/c1-4-25-20(24)14-17-9-8-16(22-23-17)7-5-15-6-10-19-18(13-15)21(2,3)11-12-26-19/h6,8-10,13H,4,11-12,14H2,1-3H3. The SMILES string of the molecule is CCOC(=O)Cc1ccc(C#Cc2ccc3c(c2)C(C)(C)CCO3)nn1. The lowest BCUT2D eigenvalue weighted by Gasteiger charge is -2.32. The van der Waals surface area contributed by atoms with Crippen LogP contribution < -0.4 is 4.74 Å². The van der Waals surface area contributed by atoms with E-state index in [2.05, 4.69) is 42.0 Å². The number of aromatic nitrogens is 2. The molecule has 0 spiro atoms. The fourth-order valence-corrected chi connectivity index (χ4v) is 2.83. The number of hydrogen-bond donors (Lipinski definition) is 0. The Morgan fingerprint density at radius 1 is 1.23 bits per heavy atom. The molecule has 134 valence electrons. The van der Waals surface area contributed by atoms with Crippen LogP contribution in [0.4, 0.5) is 0 Å². The number of benzene rings is 1. The fraction of sp³-hybridized carbons (Fsp3) is 0.381. The molecule has 0 N–H and O–H groups in total. The lowest BCUT2D eigenvalue weighted by Crippen LogP contribution is -2.26. The smallest absolute Gasteiger partial charge is 0.311 e. The minimum atomic E-state index is -0.306. The summed E-state index contributed by atoms with van der Waals surface area (Å²) >= 11 is 0. The Balaban J connectivity index is 1.75. The van der Waals surface area contributed by atoms with E-state index in [1.54, 1.807) is 19.1 Å². The van der Waals surface area contributed by atoms with Gasteiger partial charge in [-0.05, 0) is 55.0 Å². The number of esters is 1. The molecule has 1 aromatic carbocycles. The molecule has 5 nitrogen and oxygen atoms in total. The third kappa shape index (κ3) is 4.20. The zero-order valence-electron chi connectivity index (χ0n) is 15.3. The number of nitrogens with zero attached hydrogens (tertiary/aromatic N) is 2. The van der Waals surface area contributed by atoms with Crippen LogP contribution in [-0.4, -0.2) is 29.4 Å². The van der Waals surface area contributed by atoms with E-state index in [1.807, 2.05) is 12.1 Å². The Morgan fingerprint density at radius 3 is 2.81 bits per heavy atom. The van der Waals surface area contributed by atoms with Crippen LogP contribution in [0.25, 0.3) is 0 Å². The predicted octanol–water partition coefficient (Wildman–Crippen LogP) is 3.04. The van der Waals surface area contributed by atoms with Gasteiger partial charge >= 0.3 is 5.97 Å².